The number of hydrogen-bond donors (Lipinski definition) is 1. The van der Waals surface area contributed by atoms with Crippen molar-refractivity contribution in [2.75, 3.05) is 6.61 Å². The molecule has 2 aromatic carbocycles. The topological polar surface area (TPSA) is 46.5 Å². The third-order valence-electron chi connectivity index (χ3n) is 3.20. The van der Waals surface area contributed by atoms with E-state index in [4.69, 9.17) is 16.3 Å². The van der Waals surface area contributed by atoms with Gasteiger partial charge in [0.2, 0.25) is 0 Å². The van der Waals surface area contributed by atoms with E-state index in [1.807, 2.05) is 0 Å². The summed E-state index contributed by atoms with van der Waals surface area (Å²) in [6, 6.07) is 11.5. The summed E-state index contributed by atoms with van der Waals surface area (Å²) >= 11 is 5.84. The first kappa shape index (κ1) is 16.5. The number of rotatable bonds is 5. The van der Waals surface area contributed by atoms with Crippen molar-refractivity contribution in [1.82, 2.24) is 0 Å². The SMILES string of the molecule is CCOC(=O)CC(O)c1cc(-c2ccc(Cl)cc2)ccc1F. The molecule has 0 aliphatic heterocycles. The molecule has 5 heteroatoms. The van der Waals surface area contributed by atoms with Crippen molar-refractivity contribution in [2.45, 2.75) is 19.4 Å². The van der Waals surface area contributed by atoms with Gasteiger partial charge in [0.15, 0.2) is 0 Å². The first-order valence-corrected chi connectivity index (χ1v) is 7.28. The summed E-state index contributed by atoms with van der Waals surface area (Å²) in [6.45, 7) is 1.89. The summed E-state index contributed by atoms with van der Waals surface area (Å²) in [4.78, 5) is 11.4. The quantitative estimate of drug-likeness (QED) is 0.842. The maximum Gasteiger partial charge on any atom is 0.308 e. The highest BCUT2D eigenvalue weighted by Gasteiger charge is 2.18. The normalized spacial score (nSPS) is 12.0. The Balaban J connectivity index is 2.26. The molecule has 3 nitrogen and oxygen atoms in total. The Hall–Kier alpha value is -1.91. The van der Waals surface area contributed by atoms with Crippen LogP contribution in [0.1, 0.15) is 25.0 Å². The van der Waals surface area contributed by atoms with Crippen LogP contribution in [-0.2, 0) is 9.53 Å². The minimum atomic E-state index is -1.24. The average molecular weight is 323 g/mol. The van der Waals surface area contributed by atoms with Gasteiger partial charge in [-0.1, -0.05) is 29.8 Å². The monoisotopic (exact) mass is 322 g/mol. The average Bonchev–Trinajstić information content (AvgIpc) is 2.48. The van der Waals surface area contributed by atoms with Gasteiger partial charge in [0.05, 0.1) is 19.1 Å². The van der Waals surface area contributed by atoms with Crippen LogP contribution in [0.25, 0.3) is 11.1 Å². The third-order valence-corrected chi connectivity index (χ3v) is 3.45. The van der Waals surface area contributed by atoms with E-state index in [9.17, 15) is 14.3 Å². The molecule has 0 heterocycles. The molecule has 1 N–H and O–H groups in total. The Labute approximate surface area is 133 Å². The Kier molecular flexibility index (Phi) is 5.52. The summed E-state index contributed by atoms with van der Waals surface area (Å²) in [5.74, 6) is -1.12. The van der Waals surface area contributed by atoms with E-state index in [0.717, 1.165) is 11.1 Å². The molecule has 0 fully saturated rings. The zero-order chi connectivity index (χ0) is 16.1. The van der Waals surface area contributed by atoms with E-state index in [1.165, 1.54) is 12.1 Å². The van der Waals surface area contributed by atoms with E-state index >= 15 is 0 Å². The van der Waals surface area contributed by atoms with Crippen molar-refractivity contribution < 1.29 is 19.0 Å². The summed E-state index contributed by atoms with van der Waals surface area (Å²) in [5.41, 5.74) is 1.64. The maximum absolute atomic E-state index is 13.9. The number of carbonyl (C=O) groups excluding carboxylic acids is 1. The highest BCUT2D eigenvalue weighted by atomic mass is 35.5. The molecule has 0 amide bonds. The summed E-state index contributed by atoms with van der Waals surface area (Å²) in [7, 11) is 0. The fourth-order valence-corrected chi connectivity index (χ4v) is 2.23. The van der Waals surface area contributed by atoms with Crippen molar-refractivity contribution in [3.8, 4) is 11.1 Å². The van der Waals surface area contributed by atoms with Gasteiger partial charge in [-0.3, -0.25) is 4.79 Å². The van der Waals surface area contributed by atoms with Crippen LogP contribution in [0.4, 0.5) is 4.39 Å². The van der Waals surface area contributed by atoms with Gasteiger partial charge in [-0.15, -0.1) is 0 Å². The smallest absolute Gasteiger partial charge is 0.308 e. The van der Waals surface area contributed by atoms with Gasteiger partial charge in [0, 0.05) is 10.6 Å². The van der Waals surface area contributed by atoms with Crippen LogP contribution in [0.15, 0.2) is 42.5 Å². The molecule has 0 saturated carbocycles. The number of hydrogen-bond acceptors (Lipinski definition) is 3. The Morgan fingerprint density at radius 3 is 2.50 bits per heavy atom. The van der Waals surface area contributed by atoms with Gasteiger partial charge >= 0.3 is 5.97 Å². The molecule has 0 radical (unpaired) electrons. The van der Waals surface area contributed by atoms with Gasteiger partial charge in [0.1, 0.15) is 5.82 Å². The number of aliphatic hydroxyl groups is 1. The van der Waals surface area contributed by atoms with Gasteiger partial charge in [-0.25, -0.2) is 4.39 Å². The zero-order valence-electron chi connectivity index (χ0n) is 12.1. The summed E-state index contributed by atoms with van der Waals surface area (Å²) < 4.78 is 18.7. The molecule has 0 aromatic heterocycles. The highest BCUT2D eigenvalue weighted by molar-refractivity contribution is 6.30. The van der Waals surface area contributed by atoms with Crippen LogP contribution in [0.3, 0.4) is 0 Å². The molecule has 0 spiro atoms. The number of carbonyl (C=O) groups is 1. The Morgan fingerprint density at radius 1 is 1.23 bits per heavy atom. The maximum atomic E-state index is 13.9. The lowest BCUT2D eigenvalue weighted by molar-refractivity contribution is -0.145. The van der Waals surface area contributed by atoms with Crippen LogP contribution >= 0.6 is 11.6 Å². The molecule has 0 aliphatic rings. The molecule has 22 heavy (non-hydrogen) atoms. The lowest BCUT2D eigenvalue weighted by atomic mass is 9.99. The molecule has 1 atom stereocenters. The van der Waals surface area contributed by atoms with E-state index in [2.05, 4.69) is 0 Å². The van der Waals surface area contributed by atoms with Crippen LogP contribution < -0.4 is 0 Å². The molecule has 0 bridgehead atoms. The van der Waals surface area contributed by atoms with Crippen molar-refractivity contribution in [3.63, 3.8) is 0 Å². The first-order valence-electron chi connectivity index (χ1n) is 6.90. The molecule has 116 valence electrons. The molecule has 2 aromatic rings. The van der Waals surface area contributed by atoms with Gasteiger partial charge < -0.3 is 9.84 Å². The van der Waals surface area contributed by atoms with E-state index < -0.39 is 17.9 Å². The lowest BCUT2D eigenvalue weighted by Crippen LogP contribution is -2.11. The zero-order valence-corrected chi connectivity index (χ0v) is 12.8. The van der Waals surface area contributed by atoms with Crippen molar-refractivity contribution in [2.24, 2.45) is 0 Å². The fraction of sp³-hybridized carbons (Fsp3) is 0.235. The minimum Gasteiger partial charge on any atom is -0.466 e. The Morgan fingerprint density at radius 2 is 1.86 bits per heavy atom. The van der Waals surface area contributed by atoms with Crippen LogP contribution in [-0.4, -0.2) is 17.7 Å². The predicted octanol–water partition coefficient (Wildman–Crippen LogP) is 4.13. The molecule has 1 unspecified atom stereocenters. The van der Waals surface area contributed by atoms with Crippen LogP contribution in [0.2, 0.25) is 5.02 Å². The van der Waals surface area contributed by atoms with Crippen molar-refractivity contribution >= 4 is 17.6 Å². The molecule has 0 aliphatic carbocycles. The van der Waals surface area contributed by atoms with Gasteiger partial charge in [0.25, 0.3) is 0 Å². The van der Waals surface area contributed by atoms with E-state index in [1.54, 1.807) is 37.3 Å². The number of esters is 1. The molecule has 0 saturated heterocycles. The second kappa shape index (κ2) is 7.38. The van der Waals surface area contributed by atoms with Crippen LogP contribution in [0, 0.1) is 5.82 Å². The molecular weight excluding hydrogens is 307 g/mol. The standard InChI is InChI=1S/C17H16ClFO3/c1-2-22-17(21)10-16(20)14-9-12(5-8-15(14)19)11-3-6-13(18)7-4-11/h3-9,16,20H,2,10H2,1H3. The van der Waals surface area contributed by atoms with Gasteiger partial charge in [-0.05, 0) is 42.3 Å². The number of benzene rings is 2. The van der Waals surface area contributed by atoms with E-state index in [0.29, 0.717) is 5.02 Å². The van der Waals surface area contributed by atoms with Crippen molar-refractivity contribution in [1.29, 1.82) is 0 Å². The lowest BCUT2D eigenvalue weighted by Gasteiger charge is -2.13. The highest BCUT2D eigenvalue weighted by Crippen LogP contribution is 2.28. The number of halogens is 2. The fourth-order valence-electron chi connectivity index (χ4n) is 2.11. The largest absolute Gasteiger partial charge is 0.466 e. The molecule has 2 rings (SSSR count). The number of aliphatic hydroxyl groups excluding tert-OH is 1. The second-order valence-corrected chi connectivity index (χ2v) is 5.20. The first-order chi connectivity index (χ1) is 10.5. The van der Waals surface area contributed by atoms with E-state index in [-0.39, 0.29) is 18.6 Å². The number of ether oxygens (including phenoxy) is 1. The predicted molar refractivity (Wildman–Crippen MR) is 83.1 cm³/mol. The summed E-state index contributed by atoms with van der Waals surface area (Å²) in [6.07, 6.45) is -1.53. The minimum absolute atomic E-state index is 0.0699. The Bertz CT molecular complexity index is 655. The van der Waals surface area contributed by atoms with Gasteiger partial charge in [-0.2, -0.15) is 0 Å². The third kappa shape index (κ3) is 4.06. The van der Waals surface area contributed by atoms with Crippen LogP contribution in [0.5, 0.6) is 0 Å². The molecular formula is C17H16ClFO3. The second-order valence-electron chi connectivity index (χ2n) is 4.77. The van der Waals surface area contributed by atoms with Crippen molar-refractivity contribution in [3.05, 3.63) is 58.9 Å². The summed E-state index contributed by atoms with van der Waals surface area (Å²) in [5, 5.41) is 10.7.